The summed E-state index contributed by atoms with van der Waals surface area (Å²) in [5, 5.41) is 13.3. The largest absolute Gasteiger partial charge is 1.00 e. The zero-order valence-electron chi connectivity index (χ0n) is 13.7. The molecule has 8 heteroatoms. The predicted molar refractivity (Wildman–Crippen MR) is 77.2 cm³/mol. The van der Waals surface area contributed by atoms with Gasteiger partial charge in [-0.05, 0) is 18.2 Å². The second-order valence-corrected chi connectivity index (χ2v) is 4.67. The van der Waals surface area contributed by atoms with E-state index < -0.39 is 5.97 Å². The van der Waals surface area contributed by atoms with Gasteiger partial charge < -0.3 is 11.3 Å². The van der Waals surface area contributed by atoms with Gasteiger partial charge in [0, 0.05) is 12.7 Å². The molecule has 3 rings (SSSR count). The number of rotatable bonds is 4. The number of halogens is 1. The molecule has 23 heavy (non-hydrogen) atoms. The Labute approximate surface area is 154 Å². The molecule has 0 fully saturated rings. The predicted octanol–water partition coefficient (Wildman–Crippen LogP) is -0.504. The van der Waals surface area contributed by atoms with Crippen LogP contribution >= 0.6 is 0 Å². The fourth-order valence-electron chi connectivity index (χ4n) is 2.24. The van der Waals surface area contributed by atoms with Crippen LogP contribution in [-0.4, -0.2) is 32.8 Å². The van der Waals surface area contributed by atoms with Crippen molar-refractivity contribution in [2.24, 2.45) is 0 Å². The van der Waals surface area contributed by atoms with Crippen LogP contribution in [0.1, 0.15) is 17.5 Å². The molecule has 0 atom stereocenters. The van der Waals surface area contributed by atoms with E-state index in [1.165, 1.54) is 30.0 Å². The van der Waals surface area contributed by atoms with Gasteiger partial charge >= 0.3 is 35.5 Å². The van der Waals surface area contributed by atoms with Crippen molar-refractivity contribution in [2.45, 2.75) is 6.61 Å². The van der Waals surface area contributed by atoms with Crippen molar-refractivity contribution in [3.05, 3.63) is 53.6 Å². The molecule has 2 aromatic heterocycles. The maximum Gasteiger partial charge on any atom is 1.00 e. The Bertz CT molecular complexity index is 872. The maximum atomic E-state index is 13.5. The summed E-state index contributed by atoms with van der Waals surface area (Å²) < 4.78 is 19.9. The minimum atomic E-state index is -1.12. The Hall–Kier alpha value is -1.80. The molecular formula is C15H13FN3NaO3. The number of aromatic carboxylic acids is 1. The van der Waals surface area contributed by atoms with Gasteiger partial charge in [-0.15, -0.1) is 0 Å². The number of methoxy groups -OCH3 is 1. The first-order valence-corrected chi connectivity index (χ1v) is 6.46. The monoisotopic (exact) mass is 325 g/mol. The van der Waals surface area contributed by atoms with Crippen molar-refractivity contribution in [3.63, 3.8) is 0 Å². The number of benzene rings is 1. The van der Waals surface area contributed by atoms with Gasteiger partial charge in [-0.3, -0.25) is 0 Å². The summed E-state index contributed by atoms with van der Waals surface area (Å²) in [6.07, 6.45) is 1.23. The summed E-state index contributed by atoms with van der Waals surface area (Å²) >= 11 is 0. The van der Waals surface area contributed by atoms with Gasteiger partial charge in [-0.2, -0.15) is 5.10 Å². The molecule has 1 aromatic carbocycles. The average molecular weight is 325 g/mol. The van der Waals surface area contributed by atoms with Crippen LogP contribution in [0, 0.1) is 5.82 Å². The summed E-state index contributed by atoms with van der Waals surface area (Å²) in [6.45, 7) is 0.211. The summed E-state index contributed by atoms with van der Waals surface area (Å²) in [5.41, 5.74) is 1.84. The molecule has 0 spiro atoms. The molecule has 0 bridgehead atoms. The topological polar surface area (TPSA) is 76.7 Å². The van der Waals surface area contributed by atoms with E-state index in [2.05, 4.69) is 10.1 Å². The van der Waals surface area contributed by atoms with Gasteiger partial charge in [0.25, 0.3) is 0 Å². The molecule has 0 radical (unpaired) electrons. The fraction of sp³-hybridized carbons (Fsp3) is 0.133. The number of hydrogen-bond acceptors (Lipinski definition) is 4. The summed E-state index contributed by atoms with van der Waals surface area (Å²) in [7, 11) is 1.52. The SMILES string of the molecule is COCc1cc(-c2cccc(F)c2)n2ncc(C(=O)O)c2n1.[H-].[Na+]. The number of carboxylic acids is 1. The van der Waals surface area contributed by atoms with Crippen LogP contribution in [0.2, 0.25) is 0 Å². The van der Waals surface area contributed by atoms with E-state index in [0.717, 1.165) is 0 Å². The Balaban J connectivity index is 0.00000144. The summed E-state index contributed by atoms with van der Waals surface area (Å²) in [5.74, 6) is -1.51. The van der Waals surface area contributed by atoms with Gasteiger partial charge in [0.05, 0.1) is 24.2 Å². The molecule has 0 saturated carbocycles. The second kappa shape index (κ2) is 7.18. The van der Waals surface area contributed by atoms with Crippen LogP contribution < -0.4 is 29.6 Å². The number of aromatic nitrogens is 3. The molecule has 0 unspecified atom stereocenters. The Morgan fingerprint density at radius 1 is 1.43 bits per heavy atom. The second-order valence-electron chi connectivity index (χ2n) is 4.67. The third-order valence-electron chi connectivity index (χ3n) is 3.17. The summed E-state index contributed by atoms with van der Waals surface area (Å²) in [4.78, 5) is 15.5. The Morgan fingerprint density at radius 2 is 2.22 bits per heavy atom. The van der Waals surface area contributed by atoms with Gasteiger partial charge in [-0.25, -0.2) is 18.7 Å². The van der Waals surface area contributed by atoms with Gasteiger partial charge in [0.15, 0.2) is 5.65 Å². The fourth-order valence-corrected chi connectivity index (χ4v) is 2.24. The van der Waals surface area contributed by atoms with Crippen molar-refractivity contribution >= 4 is 11.6 Å². The standard InChI is InChI=1S/C15H12FN3O3.Na.H/c1-22-8-11-6-13(9-3-2-4-10(16)5-9)19-14(18-11)12(7-17-19)15(20)21;;/h2-7H,8H2,1H3,(H,20,21);;/q;+1;-1. The average Bonchev–Trinajstić information content (AvgIpc) is 2.90. The number of ether oxygens (including phenoxy) is 1. The molecule has 1 N–H and O–H groups in total. The van der Waals surface area contributed by atoms with E-state index in [9.17, 15) is 14.3 Å². The Morgan fingerprint density at radius 3 is 2.87 bits per heavy atom. The molecule has 0 aliphatic carbocycles. The Kier molecular flexibility index (Phi) is 5.48. The number of fused-ring (bicyclic) bond motifs is 1. The number of carbonyl (C=O) groups is 1. The van der Waals surface area contributed by atoms with E-state index in [0.29, 0.717) is 17.0 Å². The van der Waals surface area contributed by atoms with E-state index in [1.807, 2.05) is 0 Å². The molecule has 0 amide bonds. The van der Waals surface area contributed by atoms with Gasteiger partial charge in [0.2, 0.25) is 0 Å². The molecule has 3 aromatic rings. The van der Waals surface area contributed by atoms with E-state index in [-0.39, 0.29) is 54.6 Å². The maximum absolute atomic E-state index is 13.5. The minimum absolute atomic E-state index is 0. The van der Waals surface area contributed by atoms with Crippen LogP contribution in [0.4, 0.5) is 4.39 Å². The van der Waals surface area contributed by atoms with Crippen LogP contribution in [0.15, 0.2) is 36.5 Å². The zero-order chi connectivity index (χ0) is 15.7. The third kappa shape index (κ3) is 3.42. The molecule has 6 nitrogen and oxygen atoms in total. The third-order valence-corrected chi connectivity index (χ3v) is 3.17. The van der Waals surface area contributed by atoms with Gasteiger partial charge in [0.1, 0.15) is 11.4 Å². The normalized spacial score (nSPS) is 10.5. The molecule has 0 aliphatic rings. The van der Waals surface area contributed by atoms with Crippen molar-refractivity contribution < 1.29 is 50.0 Å². The number of hydrogen-bond donors (Lipinski definition) is 1. The van der Waals surface area contributed by atoms with Gasteiger partial charge in [-0.1, -0.05) is 12.1 Å². The molecule has 0 saturated heterocycles. The molecule has 2 heterocycles. The summed E-state index contributed by atoms with van der Waals surface area (Å²) in [6, 6.07) is 7.69. The van der Waals surface area contributed by atoms with Crippen LogP contribution in [0.25, 0.3) is 16.9 Å². The smallest absolute Gasteiger partial charge is 1.00 e. The van der Waals surface area contributed by atoms with E-state index >= 15 is 0 Å². The molecular weight excluding hydrogens is 312 g/mol. The van der Waals surface area contributed by atoms with Crippen molar-refractivity contribution in [2.75, 3.05) is 7.11 Å². The quantitative estimate of drug-likeness (QED) is 0.654. The van der Waals surface area contributed by atoms with E-state index in [1.54, 1.807) is 18.2 Å². The van der Waals surface area contributed by atoms with Crippen molar-refractivity contribution in [1.82, 2.24) is 14.6 Å². The van der Waals surface area contributed by atoms with Crippen LogP contribution in [-0.2, 0) is 11.3 Å². The number of nitrogens with zero attached hydrogens (tertiary/aromatic N) is 3. The van der Waals surface area contributed by atoms with E-state index in [4.69, 9.17) is 4.74 Å². The van der Waals surface area contributed by atoms with Crippen LogP contribution in [0.3, 0.4) is 0 Å². The van der Waals surface area contributed by atoms with Crippen molar-refractivity contribution in [3.8, 4) is 11.3 Å². The minimum Gasteiger partial charge on any atom is -1.00 e. The first kappa shape index (κ1) is 17.6. The molecule has 0 aliphatic heterocycles. The zero-order valence-corrected chi connectivity index (χ0v) is 14.7. The molecule has 114 valence electrons. The first-order chi connectivity index (χ1) is 10.6. The van der Waals surface area contributed by atoms with Crippen LogP contribution in [0.5, 0.6) is 0 Å². The van der Waals surface area contributed by atoms with Crippen molar-refractivity contribution in [1.29, 1.82) is 0 Å². The number of carboxylic acid groups (broad SMARTS) is 1. The first-order valence-electron chi connectivity index (χ1n) is 6.46.